The third-order valence-electron chi connectivity index (χ3n) is 3.44. The highest BCUT2D eigenvalue weighted by molar-refractivity contribution is 6.04. The SMILES string of the molecule is [B]N1CCC(Nc2cnccc2NCC(=O)OCC)CC1. The van der Waals surface area contributed by atoms with E-state index in [4.69, 9.17) is 12.7 Å². The van der Waals surface area contributed by atoms with E-state index in [1.54, 1.807) is 19.3 Å². The van der Waals surface area contributed by atoms with Crippen molar-refractivity contribution < 1.29 is 9.53 Å². The van der Waals surface area contributed by atoms with Crippen molar-refractivity contribution in [1.82, 2.24) is 9.79 Å². The monoisotopic (exact) mass is 288 g/mol. The van der Waals surface area contributed by atoms with Gasteiger partial charge in [-0.25, -0.2) is 0 Å². The highest BCUT2D eigenvalue weighted by atomic mass is 16.5. The van der Waals surface area contributed by atoms with Crippen LogP contribution in [0.5, 0.6) is 0 Å². The molecule has 0 aromatic carbocycles. The second kappa shape index (κ2) is 7.88. The lowest BCUT2D eigenvalue weighted by Crippen LogP contribution is -2.37. The number of nitrogens with one attached hydrogen (secondary N) is 2. The van der Waals surface area contributed by atoms with Gasteiger partial charge in [-0.05, 0) is 38.9 Å². The number of ether oxygens (including phenoxy) is 1. The molecule has 0 spiro atoms. The molecule has 1 fully saturated rings. The van der Waals surface area contributed by atoms with Gasteiger partial charge in [0.1, 0.15) is 6.54 Å². The first kappa shape index (κ1) is 15.6. The average molecular weight is 288 g/mol. The van der Waals surface area contributed by atoms with Gasteiger partial charge in [-0.1, -0.05) is 0 Å². The summed E-state index contributed by atoms with van der Waals surface area (Å²) in [7, 11) is 5.76. The summed E-state index contributed by atoms with van der Waals surface area (Å²) in [6.07, 6.45) is 5.44. The van der Waals surface area contributed by atoms with Crippen molar-refractivity contribution in [2.45, 2.75) is 25.8 Å². The Morgan fingerprint density at radius 2 is 2.24 bits per heavy atom. The first-order chi connectivity index (χ1) is 10.2. The second-order valence-corrected chi connectivity index (χ2v) is 5.03. The van der Waals surface area contributed by atoms with Crippen molar-refractivity contribution >= 4 is 25.3 Å². The minimum Gasteiger partial charge on any atom is -0.465 e. The van der Waals surface area contributed by atoms with E-state index in [0.717, 1.165) is 37.3 Å². The lowest BCUT2D eigenvalue weighted by atomic mass is 10.0. The van der Waals surface area contributed by atoms with Crippen molar-refractivity contribution in [3.63, 3.8) is 0 Å². The Kier molecular flexibility index (Phi) is 5.86. The highest BCUT2D eigenvalue weighted by Gasteiger charge is 2.17. The fourth-order valence-corrected chi connectivity index (χ4v) is 2.31. The van der Waals surface area contributed by atoms with Crippen LogP contribution in [0.3, 0.4) is 0 Å². The van der Waals surface area contributed by atoms with Gasteiger partial charge in [-0.2, -0.15) is 0 Å². The zero-order chi connectivity index (χ0) is 15.1. The lowest BCUT2D eigenvalue weighted by molar-refractivity contribution is -0.140. The first-order valence-electron chi connectivity index (χ1n) is 7.28. The number of nitrogens with zero attached hydrogens (tertiary/aromatic N) is 2. The Hall–Kier alpha value is -1.76. The molecule has 21 heavy (non-hydrogen) atoms. The molecule has 1 aromatic heterocycles. The number of hydrogen-bond acceptors (Lipinski definition) is 6. The third kappa shape index (κ3) is 4.93. The second-order valence-electron chi connectivity index (χ2n) is 5.03. The van der Waals surface area contributed by atoms with Crippen molar-refractivity contribution in [3.05, 3.63) is 18.5 Å². The molecular weight excluding hydrogens is 267 g/mol. The number of pyridine rings is 1. The Bertz CT molecular complexity index is 464. The van der Waals surface area contributed by atoms with Crippen molar-refractivity contribution in [2.24, 2.45) is 0 Å². The summed E-state index contributed by atoms with van der Waals surface area (Å²) in [6.45, 7) is 4.08. The molecule has 0 amide bonds. The average Bonchev–Trinajstić information content (AvgIpc) is 2.49. The summed E-state index contributed by atoms with van der Waals surface area (Å²) in [6, 6.07) is 2.22. The number of esters is 1. The molecule has 0 bridgehead atoms. The molecule has 0 aliphatic carbocycles. The van der Waals surface area contributed by atoms with E-state index < -0.39 is 0 Å². The smallest absolute Gasteiger partial charge is 0.325 e. The van der Waals surface area contributed by atoms with Crippen LogP contribution in [0, 0.1) is 0 Å². The number of piperidine rings is 1. The van der Waals surface area contributed by atoms with Crippen molar-refractivity contribution in [1.29, 1.82) is 0 Å². The molecule has 2 radical (unpaired) electrons. The maximum Gasteiger partial charge on any atom is 0.325 e. The number of rotatable bonds is 6. The predicted octanol–water partition coefficient (Wildman–Crippen LogP) is 1.02. The molecule has 1 aliphatic heterocycles. The number of hydrogen-bond donors (Lipinski definition) is 2. The molecule has 1 aromatic rings. The molecule has 0 saturated carbocycles. The normalized spacial score (nSPS) is 16.4. The summed E-state index contributed by atoms with van der Waals surface area (Å²) < 4.78 is 4.91. The summed E-state index contributed by atoms with van der Waals surface area (Å²) in [5.41, 5.74) is 1.76. The largest absolute Gasteiger partial charge is 0.465 e. The summed E-state index contributed by atoms with van der Waals surface area (Å²) in [4.78, 5) is 17.4. The van der Waals surface area contributed by atoms with Crippen LogP contribution in [-0.4, -0.2) is 56.0 Å². The van der Waals surface area contributed by atoms with Gasteiger partial charge < -0.3 is 20.2 Å². The minimum atomic E-state index is -0.267. The number of aromatic nitrogens is 1. The van der Waals surface area contributed by atoms with Gasteiger partial charge >= 0.3 is 5.97 Å². The van der Waals surface area contributed by atoms with E-state index in [1.807, 2.05) is 10.9 Å². The van der Waals surface area contributed by atoms with Crippen LogP contribution in [-0.2, 0) is 9.53 Å². The fraction of sp³-hybridized carbons (Fsp3) is 0.571. The molecule has 1 saturated heterocycles. The van der Waals surface area contributed by atoms with Crippen LogP contribution in [0.25, 0.3) is 0 Å². The standard InChI is InChI=1S/C14H21BN4O2/c1-2-21-14(20)10-17-12-3-6-16-9-13(12)18-11-4-7-19(15)8-5-11/h3,6,9,11,18H,2,4-5,7-8,10H2,1H3,(H,16,17). The Morgan fingerprint density at radius 3 is 2.95 bits per heavy atom. The molecule has 2 rings (SSSR count). The molecule has 112 valence electrons. The van der Waals surface area contributed by atoms with E-state index in [2.05, 4.69) is 15.6 Å². The fourth-order valence-electron chi connectivity index (χ4n) is 2.31. The van der Waals surface area contributed by atoms with Crippen LogP contribution < -0.4 is 10.6 Å². The summed E-state index contributed by atoms with van der Waals surface area (Å²) >= 11 is 0. The molecule has 7 heteroatoms. The van der Waals surface area contributed by atoms with Gasteiger partial charge in [0.2, 0.25) is 0 Å². The Morgan fingerprint density at radius 1 is 1.48 bits per heavy atom. The van der Waals surface area contributed by atoms with Crippen LogP contribution in [0.15, 0.2) is 18.5 Å². The minimum absolute atomic E-state index is 0.147. The summed E-state index contributed by atoms with van der Waals surface area (Å²) in [5.74, 6) is -0.267. The Balaban J connectivity index is 1.92. The van der Waals surface area contributed by atoms with E-state index in [9.17, 15) is 4.79 Å². The molecule has 1 aliphatic rings. The van der Waals surface area contributed by atoms with Crippen molar-refractivity contribution in [2.75, 3.05) is 36.9 Å². The number of carbonyl (C=O) groups excluding carboxylic acids is 1. The summed E-state index contributed by atoms with van der Waals surface area (Å²) in [5, 5.41) is 6.55. The topological polar surface area (TPSA) is 66.5 Å². The molecule has 2 heterocycles. The van der Waals surface area contributed by atoms with Crippen LogP contribution in [0.2, 0.25) is 0 Å². The maximum absolute atomic E-state index is 11.4. The highest BCUT2D eigenvalue weighted by Crippen LogP contribution is 2.23. The zero-order valence-electron chi connectivity index (χ0n) is 12.3. The molecule has 0 unspecified atom stereocenters. The van der Waals surface area contributed by atoms with Gasteiger partial charge in [0.05, 0.1) is 24.2 Å². The van der Waals surface area contributed by atoms with Gasteiger partial charge in [0, 0.05) is 12.2 Å². The molecule has 6 nitrogen and oxygen atoms in total. The predicted molar refractivity (Wildman–Crippen MR) is 83.3 cm³/mol. The van der Waals surface area contributed by atoms with Crippen LogP contribution >= 0.6 is 0 Å². The molecule has 2 N–H and O–H groups in total. The zero-order valence-corrected chi connectivity index (χ0v) is 12.3. The lowest BCUT2D eigenvalue weighted by Gasteiger charge is -2.31. The van der Waals surface area contributed by atoms with Gasteiger partial charge in [0.25, 0.3) is 0 Å². The quantitative estimate of drug-likeness (QED) is 0.602. The van der Waals surface area contributed by atoms with Crippen LogP contribution in [0.1, 0.15) is 19.8 Å². The Labute approximate surface area is 126 Å². The van der Waals surface area contributed by atoms with E-state index in [1.165, 1.54) is 0 Å². The molecular formula is C14H21BN4O2. The maximum atomic E-state index is 11.4. The van der Waals surface area contributed by atoms with Gasteiger partial charge in [0.15, 0.2) is 7.98 Å². The van der Waals surface area contributed by atoms with Gasteiger partial charge in [-0.15, -0.1) is 0 Å². The first-order valence-corrected chi connectivity index (χ1v) is 7.28. The third-order valence-corrected chi connectivity index (χ3v) is 3.44. The van der Waals surface area contributed by atoms with Crippen molar-refractivity contribution in [3.8, 4) is 0 Å². The molecule has 0 atom stereocenters. The van der Waals surface area contributed by atoms with E-state index >= 15 is 0 Å². The number of carbonyl (C=O) groups is 1. The van der Waals surface area contributed by atoms with E-state index in [0.29, 0.717) is 12.6 Å². The van der Waals surface area contributed by atoms with Crippen LogP contribution in [0.4, 0.5) is 11.4 Å². The van der Waals surface area contributed by atoms with Gasteiger partial charge in [-0.3, -0.25) is 9.78 Å². The van der Waals surface area contributed by atoms with E-state index in [-0.39, 0.29) is 12.5 Å². The number of anilines is 2.